The van der Waals surface area contributed by atoms with Gasteiger partial charge in [0.2, 0.25) is 10.0 Å². The number of rotatable bonds is 4. The molecule has 1 aliphatic rings. The molecular formula is C15H21N3O2S. The lowest BCUT2D eigenvalue weighted by molar-refractivity contribution is 0.215. The van der Waals surface area contributed by atoms with Gasteiger partial charge in [-0.25, -0.2) is 8.42 Å². The van der Waals surface area contributed by atoms with E-state index < -0.39 is 10.0 Å². The molecule has 0 saturated carbocycles. The molecule has 1 fully saturated rings. The first-order valence-electron chi connectivity index (χ1n) is 7.28. The van der Waals surface area contributed by atoms with Gasteiger partial charge in [0.25, 0.3) is 0 Å². The summed E-state index contributed by atoms with van der Waals surface area (Å²) >= 11 is 0. The van der Waals surface area contributed by atoms with Crippen LogP contribution in [0.1, 0.15) is 32.3 Å². The number of sulfonamides is 1. The average molecular weight is 307 g/mol. The lowest BCUT2D eigenvalue weighted by Crippen LogP contribution is -2.57. The molecule has 0 aromatic heterocycles. The van der Waals surface area contributed by atoms with Crippen molar-refractivity contribution < 1.29 is 8.42 Å². The summed E-state index contributed by atoms with van der Waals surface area (Å²) in [5.41, 5.74) is 0.367. The summed E-state index contributed by atoms with van der Waals surface area (Å²) in [6, 6.07) is 8.38. The Bertz CT molecular complexity index is 637. The number of nitriles is 1. The Labute approximate surface area is 126 Å². The zero-order chi connectivity index (χ0) is 15.5. The molecule has 1 N–H and O–H groups in total. The zero-order valence-corrected chi connectivity index (χ0v) is 13.2. The van der Waals surface area contributed by atoms with Crippen molar-refractivity contribution in [1.29, 1.82) is 5.26 Å². The summed E-state index contributed by atoms with van der Waals surface area (Å²) in [6.45, 7) is 5.19. The van der Waals surface area contributed by atoms with Gasteiger partial charge in [-0.05, 0) is 31.0 Å². The lowest BCUT2D eigenvalue weighted by Gasteiger charge is -2.38. The molecule has 1 aromatic rings. The summed E-state index contributed by atoms with van der Waals surface area (Å²) in [5.74, 6) is 0. The number of piperazine rings is 1. The van der Waals surface area contributed by atoms with E-state index in [9.17, 15) is 8.42 Å². The third kappa shape index (κ3) is 3.26. The molecule has 1 heterocycles. The molecule has 1 aromatic carbocycles. The fraction of sp³-hybridized carbons (Fsp3) is 0.533. The van der Waals surface area contributed by atoms with Crippen LogP contribution < -0.4 is 5.32 Å². The molecule has 1 saturated heterocycles. The quantitative estimate of drug-likeness (QED) is 0.919. The van der Waals surface area contributed by atoms with Crippen LogP contribution in [-0.2, 0) is 10.0 Å². The standard InChI is InChI=1S/C15H21N3O2S/c1-3-13-11-18(14(4-2)10-17-13)21(19,20)15-7-5-6-12(8-15)9-16/h5-8,13-14,17H,3-4,10-11H2,1-2H3. The third-order valence-electron chi connectivity index (χ3n) is 3.98. The van der Waals surface area contributed by atoms with Crippen molar-refractivity contribution in [3.63, 3.8) is 0 Å². The Kier molecular flexibility index (Phi) is 4.99. The van der Waals surface area contributed by atoms with Gasteiger partial charge in [0.15, 0.2) is 0 Å². The van der Waals surface area contributed by atoms with Crippen molar-refractivity contribution in [2.45, 2.75) is 43.7 Å². The van der Waals surface area contributed by atoms with Crippen LogP contribution in [0.5, 0.6) is 0 Å². The van der Waals surface area contributed by atoms with E-state index in [0.29, 0.717) is 18.7 Å². The molecule has 2 rings (SSSR count). The second-order valence-electron chi connectivity index (χ2n) is 5.29. The summed E-state index contributed by atoms with van der Waals surface area (Å²) < 4.78 is 27.3. The molecule has 2 atom stereocenters. The van der Waals surface area contributed by atoms with E-state index in [0.717, 1.165) is 12.8 Å². The minimum atomic E-state index is -3.56. The lowest BCUT2D eigenvalue weighted by atomic mass is 10.1. The van der Waals surface area contributed by atoms with Gasteiger partial charge in [0.05, 0.1) is 16.5 Å². The Morgan fingerprint density at radius 1 is 1.38 bits per heavy atom. The topological polar surface area (TPSA) is 73.2 Å². The summed E-state index contributed by atoms with van der Waals surface area (Å²) in [6.07, 6.45) is 1.65. The molecule has 0 aliphatic carbocycles. The number of nitrogens with zero attached hydrogens (tertiary/aromatic N) is 2. The second kappa shape index (κ2) is 6.56. The Morgan fingerprint density at radius 3 is 2.76 bits per heavy atom. The van der Waals surface area contributed by atoms with Crippen LogP contribution in [0, 0.1) is 11.3 Å². The van der Waals surface area contributed by atoms with E-state index >= 15 is 0 Å². The number of benzene rings is 1. The molecule has 1 aliphatic heterocycles. The maximum atomic E-state index is 12.9. The first kappa shape index (κ1) is 16.0. The highest BCUT2D eigenvalue weighted by Crippen LogP contribution is 2.23. The zero-order valence-electron chi connectivity index (χ0n) is 12.4. The van der Waals surface area contributed by atoms with Crippen molar-refractivity contribution in [1.82, 2.24) is 9.62 Å². The second-order valence-corrected chi connectivity index (χ2v) is 7.18. The largest absolute Gasteiger partial charge is 0.311 e. The normalized spacial score (nSPS) is 23.7. The van der Waals surface area contributed by atoms with Crippen LogP contribution in [0.3, 0.4) is 0 Å². The predicted octanol–water partition coefficient (Wildman–Crippen LogP) is 1.71. The van der Waals surface area contributed by atoms with Gasteiger partial charge in [-0.3, -0.25) is 0 Å². The average Bonchev–Trinajstić information content (AvgIpc) is 2.54. The molecule has 0 bridgehead atoms. The smallest absolute Gasteiger partial charge is 0.243 e. The van der Waals surface area contributed by atoms with Crippen LogP contribution in [0.2, 0.25) is 0 Å². The van der Waals surface area contributed by atoms with Gasteiger partial charge in [0, 0.05) is 25.2 Å². The molecule has 114 valence electrons. The molecule has 0 spiro atoms. The van der Waals surface area contributed by atoms with E-state index in [4.69, 9.17) is 5.26 Å². The molecule has 5 nitrogen and oxygen atoms in total. The minimum Gasteiger partial charge on any atom is -0.311 e. The maximum absolute atomic E-state index is 12.9. The van der Waals surface area contributed by atoms with Gasteiger partial charge in [-0.15, -0.1) is 0 Å². The first-order valence-corrected chi connectivity index (χ1v) is 8.72. The van der Waals surface area contributed by atoms with Crippen molar-refractivity contribution in [2.24, 2.45) is 0 Å². The summed E-state index contributed by atoms with van der Waals surface area (Å²) in [4.78, 5) is 0.205. The fourth-order valence-corrected chi connectivity index (χ4v) is 4.40. The van der Waals surface area contributed by atoms with E-state index in [1.165, 1.54) is 6.07 Å². The number of hydrogen-bond donors (Lipinski definition) is 1. The van der Waals surface area contributed by atoms with Crippen LogP contribution >= 0.6 is 0 Å². The van der Waals surface area contributed by atoms with Gasteiger partial charge in [0.1, 0.15) is 0 Å². The summed E-state index contributed by atoms with van der Waals surface area (Å²) in [5, 5.41) is 12.3. The highest BCUT2D eigenvalue weighted by Gasteiger charge is 2.35. The Hall–Kier alpha value is -1.42. The van der Waals surface area contributed by atoms with E-state index in [1.807, 2.05) is 19.9 Å². The molecule has 2 unspecified atom stereocenters. The van der Waals surface area contributed by atoms with E-state index in [2.05, 4.69) is 5.32 Å². The van der Waals surface area contributed by atoms with Gasteiger partial charge in [-0.1, -0.05) is 19.9 Å². The van der Waals surface area contributed by atoms with Gasteiger partial charge < -0.3 is 5.32 Å². The van der Waals surface area contributed by atoms with E-state index in [1.54, 1.807) is 22.5 Å². The third-order valence-corrected chi connectivity index (χ3v) is 5.90. The predicted molar refractivity (Wildman–Crippen MR) is 81.2 cm³/mol. The first-order chi connectivity index (χ1) is 10.0. The number of nitrogens with one attached hydrogen (secondary N) is 1. The van der Waals surface area contributed by atoms with Crippen LogP contribution in [-0.4, -0.2) is 37.9 Å². The summed E-state index contributed by atoms with van der Waals surface area (Å²) in [7, 11) is -3.56. The highest BCUT2D eigenvalue weighted by atomic mass is 32.2. The van der Waals surface area contributed by atoms with Crippen LogP contribution in [0.4, 0.5) is 0 Å². The van der Waals surface area contributed by atoms with Gasteiger partial charge in [-0.2, -0.15) is 9.57 Å². The molecule has 0 radical (unpaired) electrons. The Morgan fingerprint density at radius 2 is 2.14 bits per heavy atom. The molecule has 21 heavy (non-hydrogen) atoms. The molecule has 0 amide bonds. The highest BCUT2D eigenvalue weighted by molar-refractivity contribution is 7.89. The monoisotopic (exact) mass is 307 g/mol. The minimum absolute atomic E-state index is 0.0384. The van der Waals surface area contributed by atoms with Crippen molar-refractivity contribution in [3.05, 3.63) is 29.8 Å². The van der Waals surface area contributed by atoms with Crippen molar-refractivity contribution in [3.8, 4) is 6.07 Å². The maximum Gasteiger partial charge on any atom is 0.243 e. The van der Waals surface area contributed by atoms with Gasteiger partial charge >= 0.3 is 0 Å². The molecular weight excluding hydrogens is 286 g/mol. The number of hydrogen-bond acceptors (Lipinski definition) is 4. The van der Waals surface area contributed by atoms with Crippen molar-refractivity contribution >= 4 is 10.0 Å². The molecule has 6 heteroatoms. The van der Waals surface area contributed by atoms with Crippen LogP contribution in [0.25, 0.3) is 0 Å². The Balaban J connectivity index is 2.37. The SMILES string of the molecule is CCC1CN(S(=O)(=O)c2cccc(C#N)c2)C(CC)CN1. The van der Waals surface area contributed by atoms with Crippen LogP contribution in [0.15, 0.2) is 29.2 Å². The van der Waals surface area contributed by atoms with E-state index in [-0.39, 0.29) is 17.0 Å². The van der Waals surface area contributed by atoms with Crippen molar-refractivity contribution in [2.75, 3.05) is 13.1 Å². The fourth-order valence-electron chi connectivity index (χ4n) is 2.61.